The van der Waals surface area contributed by atoms with Gasteiger partial charge in [-0.1, -0.05) is 43.0 Å². The highest BCUT2D eigenvalue weighted by Gasteiger charge is 2.29. The van der Waals surface area contributed by atoms with E-state index < -0.39 is 0 Å². The van der Waals surface area contributed by atoms with Crippen LogP contribution in [0.4, 0.5) is 5.95 Å². The zero-order valence-electron chi connectivity index (χ0n) is 16.7. The second kappa shape index (κ2) is 8.04. The van der Waals surface area contributed by atoms with Crippen LogP contribution in [-0.2, 0) is 7.05 Å². The molecule has 4 rings (SSSR count). The molecule has 2 N–H and O–H groups in total. The second-order valence-electron chi connectivity index (χ2n) is 8.28. The topological polar surface area (TPSA) is 59.0 Å². The van der Waals surface area contributed by atoms with Crippen LogP contribution >= 0.6 is 23.2 Å². The maximum absolute atomic E-state index is 12.8. The Balaban J connectivity index is 1.56. The quantitative estimate of drug-likeness (QED) is 0.660. The number of carbonyl (C=O) groups is 1. The zero-order valence-corrected chi connectivity index (χ0v) is 18.2. The SMILES string of the molecule is Cn1c(NC2C(Cl)=CC=CC2Cl)nc2cc(C(=O)NC3(C)CCCCC3)ccc21. The first kappa shape index (κ1) is 20.3. The van der Waals surface area contributed by atoms with E-state index in [-0.39, 0.29) is 22.9 Å². The number of nitrogens with zero attached hydrogens (tertiary/aromatic N) is 2. The molecule has 7 heteroatoms. The van der Waals surface area contributed by atoms with E-state index in [0.717, 1.165) is 23.9 Å². The predicted octanol–water partition coefficient (Wildman–Crippen LogP) is 5.11. The molecule has 5 nitrogen and oxygen atoms in total. The molecule has 1 saturated carbocycles. The Morgan fingerprint density at radius 1 is 1.28 bits per heavy atom. The number of imidazole rings is 1. The molecule has 0 bridgehead atoms. The average Bonchev–Trinajstić information content (AvgIpc) is 3.00. The van der Waals surface area contributed by atoms with Gasteiger partial charge >= 0.3 is 0 Å². The zero-order chi connectivity index (χ0) is 20.6. The summed E-state index contributed by atoms with van der Waals surface area (Å²) in [6.07, 6.45) is 11.2. The molecule has 2 unspecified atom stereocenters. The molecule has 29 heavy (non-hydrogen) atoms. The molecule has 2 aliphatic rings. The Labute approximate surface area is 181 Å². The molecule has 0 saturated heterocycles. The maximum atomic E-state index is 12.8. The van der Waals surface area contributed by atoms with Crippen molar-refractivity contribution in [1.82, 2.24) is 14.9 Å². The first-order valence-corrected chi connectivity index (χ1v) is 10.9. The predicted molar refractivity (Wildman–Crippen MR) is 120 cm³/mol. The van der Waals surface area contributed by atoms with Gasteiger partial charge in [-0.05, 0) is 44.0 Å². The van der Waals surface area contributed by atoms with Crippen molar-refractivity contribution < 1.29 is 4.79 Å². The minimum absolute atomic E-state index is 0.0410. The first-order valence-electron chi connectivity index (χ1n) is 10.1. The van der Waals surface area contributed by atoms with Gasteiger partial charge in [0.25, 0.3) is 5.91 Å². The number of carbonyl (C=O) groups excluding carboxylic acids is 1. The maximum Gasteiger partial charge on any atom is 0.251 e. The summed E-state index contributed by atoms with van der Waals surface area (Å²) in [5, 5.41) is 6.94. The van der Waals surface area contributed by atoms with E-state index in [9.17, 15) is 4.79 Å². The molecule has 0 radical (unpaired) electrons. The van der Waals surface area contributed by atoms with Crippen LogP contribution in [0.2, 0.25) is 0 Å². The fourth-order valence-corrected chi connectivity index (χ4v) is 4.79. The summed E-state index contributed by atoms with van der Waals surface area (Å²) in [6, 6.07) is 5.39. The fourth-order valence-electron chi connectivity index (χ4n) is 4.18. The Hall–Kier alpha value is -1.98. The van der Waals surface area contributed by atoms with E-state index in [1.165, 1.54) is 19.3 Å². The number of hydrogen-bond donors (Lipinski definition) is 2. The molecule has 1 amide bonds. The van der Waals surface area contributed by atoms with Crippen LogP contribution in [-0.4, -0.2) is 32.4 Å². The normalized spacial score (nSPS) is 23.7. The van der Waals surface area contributed by atoms with Crippen LogP contribution < -0.4 is 10.6 Å². The van der Waals surface area contributed by atoms with Gasteiger partial charge in [0.05, 0.1) is 22.5 Å². The molecule has 1 aromatic heterocycles. The highest BCUT2D eigenvalue weighted by Crippen LogP contribution is 2.29. The third kappa shape index (κ3) is 4.17. The summed E-state index contributed by atoms with van der Waals surface area (Å²) in [5.41, 5.74) is 2.20. The van der Waals surface area contributed by atoms with E-state index >= 15 is 0 Å². The lowest BCUT2D eigenvalue weighted by Crippen LogP contribution is -2.47. The minimum atomic E-state index is -0.259. The Morgan fingerprint density at radius 2 is 2.03 bits per heavy atom. The summed E-state index contributed by atoms with van der Waals surface area (Å²) < 4.78 is 1.95. The van der Waals surface area contributed by atoms with Crippen molar-refractivity contribution in [3.63, 3.8) is 0 Å². The van der Waals surface area contributed by atoms with E-state index in [1.54, 1.807) is 0 Å². The molecule has 1 fully saturated rings. The van der Waals surface area contributed by atoms with Crippen molar-refractivity contribution in [2.24, 2.45) is 7.05 Å². The monoisotopic (exact) mass is 432 g/mol. The van der Waals surface area contributed by atoms with Crippen LogP contribution in [0.3, 0.4) is 0 Å². The van der Waals surface area contributed by atoms with Crippen molar-refractivity contribution >= 4 is 46.1 Å². The number of hydrogen-bond acceptors (Lipinski definition) is 3. The lowest BCUT2D eigenvalue weighted by atomic mass is 9.83. The number of aryl methyl sites for hydroxylation is 1. The van der Waals surface area contributed by atoms with Gasteiger partial charge in [-0.2, -0.15) is 0 Å². The molecular weight excluding hydrogens is 407 g/mol. The van der Waals surface area contributed by atoms with Crippen molar-refractivity contribution in [2.45, 2.75) is 56.0 Å². The Bertz CT molecular complexity index is 988. The molecule has 2 aromatic rings. The van der Waals surface area contributed by atoms with Crippen LogP contribution in [0.25, 0.3) is 11.0 Å². The highest BCUT2D eigenvalue weighted by atomic mass is 35.5. The van der Waals surface area contributed by atoms with Crippen LogP contribution in [0, 0.1) is 0 Å². The summed E-state index contributed by atoms with van der Waals surface area (Å²) in [4.78, 5) is 17.5. The number of rotatable bonds is 4. The highest BCUT2D eigenvalue weighted by molar-refractivity contribution is 6.32. The number of allylic oxidation sites excluding steroid dienone is 2. The number of fused-ring (bicyclic) bond motifs is 1. The van der Waals surface area contributed by atoms with Gasteiger partial charge in [0.15, 0.2) is 0 Å². The summed E-state index contributed by atoms with van der Waals surface area (Å²) >= 11 is 12.7. The van der Waals surface area contributed by atoms with Crippen molar-refractivity contribution in [1.29, 1.82) is 0 Å². The number of amides is 1. The lowest BCUT2D eigenvalue weighted by molar-refractivity contribution is 0.0883. The van der Waals surface area contributed by atoms with Gasteiger partial charge in [-0.25, -0.2) is 4.98 Å². The molecule has 2 atom stereocenters. The molecule has 2 aliphatic carbocycles. The number of alkyl halides is 1. The number of nitrogens with one attached hydrogen (secondary N) is 2. The van der Waals surface area contributed by atoms with Crippen molar-refractivity contribution in [3.05, 3.63) is 47.0 Å². The van der Waals surface area contributed by atoms with Gasteiger partial charge in [-0.15, -0.1) is 11.6 Å². The third-order valence-corrected chi connectivity index (χ3v) is 6.72. The van der Waals surface area contributed by atoms with Crippen LogP contribution in [0.5, 0.6) is 0 Å². The summed E-state index contributed by atoms with van der Waals surface area (Å²) in [6.45, 7) is 2.14. The fraction of sp³-hybridized carbons (Fsp3) is 0.455. The minimum Gasteiger partial charge on any atom is -0.347 e. The van der Waals surface area contributed by atoms with Crippen molar-refractivity contribution in [3.8, 4) is 0 Å². The van der Waals surface area contributed by atoms with E-state index in [0.29, 0.717) is 16.5 Å². The van der Waals surface area contributed by atoms with E-state index in [4.69, 9.17) is 23.2 Å². The van der Waals surface area contributed by atoms with Gasteiger partial charge in [-0.3, -0.25) is 4.79 Å². The summed E-state index contributed by atoms with van der Waals surface area (Å²) in [5.74, 6) is 0.620. The van der Waals surface area contributed by atoms with Gasteiger partial charge in [0.2, 0.25) is 5.95 Å². The van der Waals surface area contributed by atoms with Gasteiger partial charge in [0, 0.05) is 23.2 Å². The summed E-state index contributed by atoms with van der Waals surface area (Å²) in [7, 11) is 1.93. The first-order chi connectivity index (χ1) is 13.9. The second-order valence-corrected chi connectivity index (χ2v) is 9.22. The molecule has 0 aliphatic heterocycles. The van der Waals surface area contributed by atoms with E-state index in [2.05, 4.69) is 22.5 Å². The number of aromatic nitrogens is 2. The molecule has 0 spiro atoms. The third-order valence-electron chi connectivity index (χ3n) is 5.97. The van der Waals surface area contributed by atoms with Crippen LogP contribution in [0.1, 0.15) is 49.4 Å². The molecule has 1 heterocycles. The van der Waals surface area contributed by atoms with E-state index in [1.807, 2.05) is 48.0 Å². The Morgan fingerprint density at radius 3 is 2.76 bits per heavy atom. The Kier molecular flexibility index (Phi) is 5.63. The smallest absolute Gasteiger partial charge is 0.251 e. The number of halogens is 2. The van der Waals surface area contributed by atoms with Gasteiger partial charge in [0.1, 0.15) is 0 Å². The molecule has 154 valence electrons. The molecular formula is C22H26Cl2N4O. The number of benzene rings is 1. The average molecular weight is 433 g/mol. The number of anilines is 1. The lowest BCUT2D eigenvalue weighted by Gasteiger charge is -2.34. The van der Waals surface area contributed by atoms with Crippen LogP contribution in [0.15, 0.2) is 41.5 Å². The standard InChI is InChI=1S/C22H26Cl2N4O/c1-22(11-4-3-5-12-22)27-20(29)14-9-10-18-17(13-14)25-21(28(18)2)26-19-15(23)7-6-8-16(19)24/h6-10,13,15,19H,3-5,11-12H2,1-2H3,(H,25,26)(H,27,29). The van der Waals surface area contributed by atoms with Crippen molar-refractivity contribution in [2.75, 3.05) is 5.32 Å². The molecule has 1 aromatic carbocycles. The largest absolute Gasteiger partial charge is 0.347 e. The van der Waals surface area contributed by atoms with Gasteiger partial charge < -0.3 is 15.2 Å².